The molecule has 0 unspecified atom stereocenters. The van der Waals surface area contributed by atoms with E-state index >= 15 is 0 Å². The van der Waals surface area contributed by atoms with Gasteiger partial charge in [0.05, 0.1) is 13.4 Å². The van der Waals surface area contributed by atoms with Gasteiger partial charge in [-0.15, -0.1) is 0 Å². The summed E-state index contributed by atoms with van der Waals surface area (Å²) in [4.78, 5) is 7.73. The zero-order chi connectivity index (χ0) is 20.8. The SMILES string of the molecule is COc1ccc(F)cc1-c1ccnc2[nH]c(C3=CCN(S(C)(=O)=O)[C@H](C)C3)cc12. The van der Waals surface area contributed by atoms with E-state index in [-0.39, 0.29) is 11.9 Å². The molecule has 0 bridgehead atoms. The Morgan fingerprint density at radius 1 is 1.24 bits per heavy atom. The molecule has 8 heteroatoms. The van der Waals surface area contributed by atoms with Crippen molar-refractivity contribution < 1.29 is 17.5 Å². The van der Waals surface area contributed by atoms with Crippen LogP contribution in [0.2, 0.25) is 0 Å². The first kappa shape index (κ1) is 19.6. The summed E-state index contributed by atoms with van der Waals surface area (Å²) in [6, 6.07) is 8.11. The lowest BCUT2D eigenvalue weighted by molar-refractivity contribution is 0.360. The average Bonchev–Trinajstić information content (AvgIpc) is 3.11. The van der Waals surface area contributed by atoms with Gasteiger partial charge in [-0.2, -0.15) is 4.31 Å². The van der Waals surface area contributed by atoms with E-state index in [0.29, 0.717) is 29.9 Å². The molecule has 1 atom stereocenters. The standard InChI is InChI=1S/C21H22FN3O3S/c1-13-10-14(7-9-25(13)29(3,26)27)19-12-18-16(6-8-23-21(18)24-19)17-11-15(22)4-5-20(17)28-2/h4-8,11-13H,9-10H2,1-3H3,(H,23,24)/t13-/m1/s1. The number of hydrogen-bond donors (Lipinski definition) is 1. The van der Waals surface area contributed by atoms with Crippen LogP contribution in [0.3, 0.4) is 0 Å². The quantitative estimate of drug-likeness (QED) is 0.703. The van der Waals surface area contributed by atoms with E-state index in [2.05, 4.69) is 9.97 Å². The number of hydrogen-bond acceptors (Lipinski definition) is 4. The molecule has 0 aliphatic carbocycles. The molecule has 1 N–H and O–H groups in total. The number of ether oxygens (including phenoxy) is 1. The second-order valence-corrected chi connectivity index (χ2v) is 9.20. The Morgan fingerprint density at radius 2 is 2.03 bits per heavy atom. The summed E-state index contributed by atoms with van der Waals surface area (Å²) in [5.74, 6) is 0.238. The van der Waals surface area contributed by atoms with Crippen LogP contribution < -0.4 is 4.74 Å². The Labute approximate surface area is 169 Å². The molecular formula is C21H22FN3O3S. The van der Waals surface area contributed by atoms with Crippen molar-refractivity contribution in [2.24, 2.45) is 0 Å². The highest BCUT2D eigenvalue weighted by Gasteiger charge is 2.27. The highest BCUT2D eigenvalue weighted by atomic mass is 32.2. The minimum Gasteiger partial charge on any atom is -0.496 e. The van der Waals surface area contributed by atoms with Gasteiger partial charge < -0.3 is 9.72 Å². The smallest absolute Gasteiger partial charge is 0.211 e. The number of H-pyrrole nitrogens is 1. The molecule has 1 aliphatic rings. The van der Waals surface area contributed by atoms with Gasteiger partial charge in [-0.1, -0.05) is 6.08 Å². The van der Waals surface area contributed by atoms with Crippen LogP contribution in [0.5, 0.6) is 5.75 Å². The Morgan fingerprint density at radius 3 is 2.72 bits per heavy atom. The van der Waals surface area contributed by atoms with E-state index in [9.17, 15) is 12.8 Å². The first-order valence-corrected chi connectivity index (χ1v) is 11.1. The molecule has 29 heavy (non-hydrogen) atoms. The molecule has 0 saturated carbocycles. The highest BCUT2D eigenvalue weighted by Crippen LogP contribution is 2.37. The van der Waals surface area contributed by atoms with Gasteiger partial charge in [-0.05, 0) is 54.8 Å². The number of halogens is 1. The first-order chi connectivity index (χ1) is 13.8. The fraction of sp³-hybridized carbons (Fsp3) is 0.286. The summed E-state index contributed by atoms with van der Waals surface area (Å²) < 4.78 is 44.6. The number of fused-ring (bicyclic) bond motifs is 1. The van der Waals surface area contributed by atoms with E-state index in [4.69, 9.17) is 4.74 Å². The molecule has 4 rings (SSSR count). The summed E-state index contributed by atoms with van der Waals surface area (Å²) in [5, 5.41) is 0.852. The van der Waals surface area contributed by atoms with Crippen molar-refractivity contribution in [1.29, 1.82) is 0 Å². The summed E-state index contributed by atoms with van der Waals surface area (Å²) in [5.41, 5.74) is 4.07. The number of methoxy groups -OCH3 is 1. The predicted molar refractivity (Wildman–Crippen MR) is 112 cm³/mol. The third kappa shape index (κ3) is 3.65. The topological polar surface area (TPSA) is 75.3 Å². The van der Waals surface area contributed by atoms with Crippen molar-refractivity contribution in [2.45, 2.75) is 19.4 Å². The van der Waals surface area contributed by atoms with Crippen molar-refractivity contribution in [3.8, 4) is 16.9 Å². The predicted octanol–water partition coefficient (Wildman–Crippen LogP) is 3.81. The molecule has 152 valence electrons. The maximum absolute atomic E-state index is 13.9. The van der Waals surface area contributed by atoms with Crippen LogP contribution in [0.15, 0.2) is 42.6 Å². The molecule has 0 spiro atoms. The van der Waals surface area contributed by atoms with Gasteiger partial charge in [-0.25, -0.2) is 17.8 Å². The minimum atomic E-state index is -3.24. The van der Waals surface area contributed by atoms with Crippen LogP contribution in [-0.4, -0.2) is 48.6 Å². The number of aromatic nitrogens is 2. The lowest BCUT2D eigenvalue weighted by Gasteiger charge is -2.30. The molecule has 6 nitrogen and oxygen atoms in total. The number of nitrogens with one attached hydrogen (secondary N) is 1. The number of pyridine rings is 1. The van der Waals surface area contributed by atoms with Gasteiger partial charge in [-0.3, -0.25) is 0 Å². The van der Waals surface area contributed by atoms with E-state index < -0.39 is 10.0 Å². The number of rotatable bonds is 4. The van der Waals surface area contributed by atoms with Crippen LogP contribution in [0, 0.1) is 5.82 Å². The molecule has 3 aromatic rings. The Kier molecular flexibility index (Phi) is 4.92. The van der Waals surface area contributed by atoms with E-state index in [1.807, 2.05) is 25.1 Å². The van der Waals surface area contributed by atoms with E-state index in [1.54, 1.807) is 19.4 Å². The van der Waals surface area contributed by atoms with Gasteiger partial charge in [0.2, 0.25) is 10.0 Å². The average molecular weight is 415 g/mol. The van der Waals surface area contributed by atoms with Gasteiger partial charge in [0.15, 0.2) is 0 Å². The molecule has 3 heterocycles. The van der Waals surface area contributed by atoms with Crippen LogP contribution in [0.1, 0.15) is 19.0 Å². The number of benzene rings is 1. The zero-order valence-electron chi connectivity index (χ0n) is 16.4. The molecule has 0 fully saturated rings. The summed E-state index contributed by atoms with van der Waals surface area (Å²) >= 11 is 0. The Bertz CT molecular complexity index is 1220. The maximum atomic E-state index is 13.9. The van der Waals surface area contributed by atoms with Crippen LogP contribution in [-0.2, 0) is 10.0 Å². The fourth-order valence-corrected chi connectivity index (χ4v) is 4.96. The van der Waals surface area contributed by atoms with Crippen molar-refractivity contribution in [2.75, 3.05) is 19.9 Å². The van der Waals surface area contributed by atoms with Crippen molar-refractivity contribution in [1.82, 2.24) is 14.3 Å². The zero-order valence-corrected chi connectivity index (χ0v) is 17.3. The first-order valence-electron chi connectivity index (χ1n) is 9.26. The molecule has 0 radical (unpaired) electrons. The summed E-state index contributed by atoms with van der Waals surface area (Å²) in [7, 11) is -1.69. The van der Waals surface area contributed by atoms with Gasteiger partial charge in [0, 0.05) is 35.4 Å². The van der Waals surface area contributed by atoms with Crippen LogP contribution in [0.25, 0.3) is 27.7 Å². The molecule has 0 saturated heterocycles. The number of sulfonamides is 1. The summed E-state index contributed by atoms with van der Waals surface area (Å²) in [6.45, 7) is 2.24. The van der Waals surface area contributed by atoms with Gasteiger partial charge >= 0.3 is 0 Å². The normalized spacial score (nSPS) is 18.1. The molecule has 1 aliphatic heterocycles. The maximum Gasteiger partial charge on any atom is 0.211 e. The molecular weight excluding hydrogens is 393 g/mol. The minimum absolute atomic E-state index is 0.132. The van der Waals surface area contributed by atoms with Gasteiger partial charge in [0.1, 0.15) is 17.2 Å². The van der Waals surface area contributed by atoms with Crippen LogP contribution in [0.4, 0.5) is 4.39 Å². The number of nitrogens with zero attached hydrogens (tertiary/aromatic N) is 2. The largest absolute Gasteiger partial charge is 0.496 e. The van der Waals surface area contributed by atoms with E-state index in [0.717, 1.165) is 22.2 Å². The van der Waals surface area contributed by atoms with Crippen molar-refractivity contribution in [3.63, 3.8) is 0 Å². The third-order valence-corrected chi connectivity index (χ3v) is 6.64. The lowest BCUT2D eigenvalue weighted by atomic mass is 9.99. The summed E-state index contributed by atoms with van der Waals surface area (Å²) in [6.07, 6.45) is 5.42. The third-order valence-electron chi connectivity index (χ3n) is 5.28. The molecule has 1 aromatic carbocycles. The van der Waals surface area contributed by atoms with Crippen molar-refractivity contribution >= 4 is 26.6 Å². The van der Waals surface area contributed by atoms with Gasteiger partial charge in [0.25, 0.3) is 0 Å². The van der Waals surface area contributed by atoms with E-state index in [1.165, 1.54) is 22.7 Å². The molecule has 0 amide bonds. The Hall–Kier alpha value is -2.71. The number of aromatic amines is 1. The second kappa shape index (κ2) is 7.27. The Balaban J connectivity index is 1.79. The highest BCUT2D eigenvalue weighted by molar-refractivity contribution is 7.88. The monoisotopic (exact) mass is 415 g/mol. The lowest BCUT2D eigenvalue weighted by Crippen LogP contribution is -2.40. The second-order valence-electron chi connectivity index (χ2n) is 7.26. The van der Waals surface area contributed by atoms with Crippen molar-refractivity contribution in [3.05, 3.63) is 54.1 Å². The van der Waals surface area contributed by atoms with Crippen LogP contribution >= 0.6 is 0 Å². The fourth-order valence-electron chi connectivity index (χ4n) is 3.89. The molecule has 2 aromatic heterocycles.